The van der Waals surface area contributed by atoms with Crippen molar-refractivity contribution in [2.24, 2.45) is 11.7 Å². The highest BCUT2D eigenvalue weighted by Crippen LogP contribution is 2.30. The van der Waals surface area contributed by atoms with Gasteiger partial charge in [-0.1, -0.05) is 26.7 Å². The average molecular weight is 199 g/mol. The second-order valence-electron chi connectivity index (χ2n) is 5.00. The third-order valence-corrected chi connectivity index (χ3v) is 3.47. The molecule has 1 heterocycles. The summed E-state index contributed by atoms with van der Waals surface area (Å²) in [6, 6.07) is 0.214. The molecule has 1 rings (SSSR count). The number of hydrogen-bond acceptors (Lipinski definition) is 2. The largest absolute Gasteiger partial charge is 0.374 e. The fourth-order valence-electron chi connectivity index (χ4n) is 2.39. The second-order valence-corrected chi connectivity index (χ2v) is 5.00. The first kappa shape index (κ1) is 12.0. The summed E-state index contributed by atoms with van der Waals surface area (Å²) in [7, 11) is 0. The molecule has 14 heavy (non-hydrogen) atoms. The minimum absolute atomic E-state index is 0.0397. The van der Waals surface area contributed by atoms with E-state index in [0.29, 0.717) is 0 Å². The molecule has 1 saturated heterocycles. The van der Waals surface area contributed by atoms with Crippen LogP contribution in [0.4, 0.5) is 0 Å². The van der Waals surface area contributed by atoms with E-state index in [1.165, 1.54) is 19.3 Å². The Morgan fingerprint density at radius 1 is 1.50 bits per heavy atom. The van der Waals surface area contributed by atoms with E-state index in [-0.39, 0.29) is 11.6 Å². The maximum absolute atomic E-state index is 6.22. The SMILES string of the molecule is CCCC(C)CC(N)C1(C)CCCO1. The Balaban J connectivity index is 2.36. The fourth-order valence-corrected chi connectivity index (χ4v) is 2.39. The van der Waals surface area contributed by atoms with E-state index < -0.39 is 0 Å². The molecule has 0 aromatic heterocycles. The highest BCUT2D eigenvalue weighted by atomic mass is 16.5. The van der Waals surface area contributed by atoms with Crippen molar-refractivity contribution in [1.29, 1.82) is 0 Å². The van der Waals surface area contributed by atoms with Crippen LogP contribution in [0.2, 0.25) is 0 Å². The Bertz CT molecular complexity index is 164. The lowest BCUT2D eigenvalue weighted by atomic mass is 9.86. The number of rotatable bonds is 5. The summed E-state index contributed by atoms with van der Waals surface area (Å²) < 4.78 is 5.76. The third-order valence-electron chi connectivity index (χ3n) is 3.47. The summed E-state index contributed by atoms with van der Waals surface area (Å²) in [6.45, 7) is 7.59. The van der Waals surface area contributed by atoms with Crippen molar-refractivity contribution in [3.8, 4) is 0 Å². The Labute approximate surface area is 88.2 Å². The fraction of sp³-hybridized carbons (Fsp3) is 1.00. The highest BCUT2D eigenvalue weighted by molar-refractivity contribution is 4.91. The molecule has 0 aliphatic carbocycles. The molecule has 1 aliphatic heterocycles. The van der Waals surface area contributed by atoms with Crippen LogP contribution in [0.5, 0.6) is 0 Å². The van der Waals surface area contributed by atoms with Crippen molar-refractivity contribution in [3.05, 3.63) is 0 Å². The lowest BCUT2D eigenvalue weighted by Gasteiger charge is -2.32. The molecule has 3 atom stereocenters. The Morgan fingerprint density at radius 3 is 2.71 bits per heavy atom. The van der Waals surface area contributed by atoms with Crippen LogP contribution >= 0.6 is 0 Å². The van der Waals surface area contributed by atoms with E-state index >= 15 is 0 Å². The summed E-state index contributed by atoms with van der Waals surface area (Å²) in [4.78, 5) is 0. The first-order valence-corrected chi connectivity index (χ1v) is 5.98. The van der Waals surface area contributed by atoms with Crippen molar-refractivity contribution in [3.63, 3.8) is 0 Å². The first-order valence-electron chi connectivity index (χ1n) is 5.98. The van der Waals surface area contributed by atoms with Gasteiger partial charge in [0.1, 0.15) is 0 Å². The molecule has 2 nitrogen and oxygen atoms in total. The van der Waals surface area contributed by atoms with Gasteiger partial charge in [0.15, 0.2) is 0 Å². The lowest BCUT2D eigenvalue weighted by molar-refractivity contribution is -0.00673. The molecule has 0 bridgehead atoms. The molecule has 0 radical (unpaired) electrons. The quantitative estimate of drug-likeness (QED) is 0.739. The predicted molar refractivity (Wildman–Crippen MR) is 60.3 cm³/mol. The Morgan fingerprint density at radius 2 is 2.21 bits per heavy atom. The topological polar surface area (TPSA) is 35.2 Å². The van der Waals surface area contributed by atoms with Crippen LogP contribution < -0.4 is 5.73 Å². The van der Waals surface area contributed by atoms with Crippen molar-refractivity contribution in [1.82, 2.24) is 0 Å². The maximum atomic E-state index is 6.22. The zero-order chi connectivity index (χ0) is 10.6. The molecule has 0 spiro atoms. The van der Waals surface area contributed by atoms with Gasteiger partial charge in [-0.25, -0.2) is 0 Å². The number of ether oxygens (including phenoxy) is 1. The van der Waals surface area contributed by atoms with Crippen LogP contribution in [-0.2, 0) is 4.74 Å². The molecule has 3 unspecified atom stereocenters. The molecule has 2 heteroatoms. The molecular weight excluding hydrogens is 174 g/mol. The van der Waals surface area contributed by atoms with Crippen LogP contribution in [0.15, 0.2) is 0 Å². The average Bonchev–Trinajstić information content (AvgIpc) is 2.54. The van der Waals surface area contributed by atoms with Gasteiger partial charge in [-0.15, -0.1) is 0 Å². The smallest absolute Gasteiger partial charge is 0.0805 e. The molecule has 84 valence electrons. The van der Waals surface area contributed by atoms with Gasteiger partial charge in [0.2, 0.25) is 0 Å². The van der Waals surface area contributed by atoms with Gasteiger partial charge < -0.3 is 10.5 Å². The van der Waals surface area contributed by atoms with Crippen molar-refractivity contribution in [2.45, 2.75) is 64.5 Å². The predicted octanol–water partition coefficient (Wildman–Crippen LogP) is 2.71. The van der Waals surface area contributed by atoms with Crippen LogP contribution in [-0.4, -0.2) is 18.2 Å². The van der Waals surface area contributed by atoms with Crippen molar-refractivity contribution >= 4 is 0 Å². The monoisotopic (exact) mass is 199 g/mol. The molecule has 1 fully saturated rings. The van der Waals surface area contributed by atoms with E-state index in [9.17, 15) is 0 Å². The Hall–Kier alpha value is -0.0800. The van der Waals surface area contributed by atoms with Gasteiger partial charge in [-0.05, 0) is 32.1 Å². The molecule has 0 aromatic carbocycles. The molecule has 0 amide bonds. The standard InChI is InChI=1S/C12H25NO/c1-4-6-10(2)9-11(13)12(3)7-5-8-14-12/h10-11H,4-9,13H2,1-3H3. The van der Waals surface area contributed by atoms with Crippen LogP contribution in [0.25, 0.3) is 0 Å². The first-order chi connectivity index (χ1) is 6.58. The van der Waals surface area contributed by atoms with Gasteiger partial charge in [0.05, 0.1) is 5.60 Å². The third kappa shape index (κ3) is 2.96. The van der Waals surface area contributed by atoms with E-state index in [0.717, 1.165) is 25.4 Å². The maximum Gasteiger partial charge on any atom is 0.0805 e. The molecule has 0 aromatic rings. The molecule has 0 saturated carbocycles. The van der Waals surface area contributed by atoms with Gasteiger partial charge in [0, 0.05) is 12.6 Å². The minimum atomic E-state index is -0.0397. The molecule has 1 aliphatic rings. The van der Waals surface area contributed by atoms with Gasteiger partial charge in [-0.3, -0.25) is 0 Å². The van der Waals surface area contributed by atoms with E-state index in [2.05, 4.69) is 20.8 Å². The van der Waals surface area contributed by atoms with Gasteiger partial charge in [-0.2, -0.15) is 0 Å². The van der Waals surface area contributed by atoms with Crippen LogP contribution in [0.3, 0.4) is 0 Å². The van der Waals surface area contributed by atoms with Gasteiger partial charge >= 0.3 is 0 Å². The normalized spacial score (nSPS) is 31.7. The summed E-state index contributed by atoms with van der Waals surface area (Å²) in [5, 5.41) is 0. The number of hydrogen-bond donors (Lipinski definition) is 1. The van der Waals surface area contributed by atoms with Crippen molar-refractivity contribution in [2.75, 3.05) is 6.61 Å². The second kappa shape index (κ2) is 5.13. The van der Waals surface area contributed by atoms with Crippen LogP contribution in [0, 0.1) is 5.92 Å². The number of nitrogens with two attached hydrogens (primary N) is 1. The van der Waals surface area contributed by atoms with Crippen LogP contribution in [0.1, 0.15) is 52.9 Å². The van der Waals surface area contributed by atoms with Gasteiger partial charge in [0.25, 0.3) is 0 Å². The summed E-state index contributed by atoms with van der Waals surface area (Å²) in [5.41, 5.74) is 6.18. The molecule has 2 N–H and O–H groups in total. The minimum Gasteiger partial charge on any atom is -0.374 e. The highest BCUT2D eigenvalue weighted by Gasteiger charge is 2.36. The van der Waals surface area contributed by atoms with Crippen molar-refractivity contribution < 1.29 is 4.74 Å². The van der Waals surface area contributed by atoms with E-state index in [1.54, 1.807) is 0 Å². The zero-order valence-corrected chi connectivity index (χ0v) is 9.88. The summed E-state index contributed by atoms with van der Waals surface area (Å²) >= 11 is 0. The zero-order valence-electron chi connectivity index (χ0n) is 9.88. The lowest BCUT2D eigenvalue weighted by Crippen LogP contribution is -2.45. The summed E-state index contributed by atoms with van der Waals surface area (Å²) in [5.74, 6) is 0.732. The Kier molecular flexibility index (Phi) is 4.39. The van der Waals surface area contributed by atoms with E-state index in [4.69, 9.17) is 10.5 Å². The van der Waals surface area contributed by atoms with E-state index in [1.807, 2.05) is 0 Å². The summed E-state index contributed by atoms with van der Waals surface area (Å²) in [6.07, 6.45) is 5.94. The molecular formula is C12H25NO.